The second-order valence-electron chi connectivity index (χ2n) is 6.71. The van der Waals surface area contributed by atoms with E-state index in [0.717, 1.165) is 16.7 Å². The number of nitrogens with zero attached hydrogens (tertiary/aromatic N) is 5. The maximum atomic E-state index is 11.7. The molecule has 4 rings (SSSR count). The number of rotatable bonds is 6. The van der Waals surface area contributed by atoms with Crippen LogP contribution in [0.5, 0.6) is 0 Å². The van der Waals surface area contributed by atoms with Gasteiger partial charge in [-0.25, -0.2) is 19.7 Å². The average Bonchev–Trinajstić information content (AvgIpc) is 2.83. The predicted molar refractivity (Wildman–Crippen MR) is 118 cm³/mol. The highest BCUT2D eigenvalue weighted by molar-refractivity contribution is 5.89. The van der Waals surface area contributed by atoms with Crippen molar-refractivity contribution in [2.45, 2.75) is 6.54 Å². The van der Waals surface area contributed by atoms with E-state index in [2.05, 4.69) is 19.9 Å². The lowest BCUT2D eigenvalue weighted by Gasteiger charge is -2.23. The Hall–Kier alpha value is -4.33. The van der Waals surface area contributed by atoms with E-state index in [1.807, 2.05) is 35.2 Å². The molecule has 3 aromatic heterocycles. The first-order chi connectivity index (χ1) is 15.1. The summed E-state index contributed by atoms with van der Waals surface area (Å²) in [4.78, 5) is 31.0. The van der Waals surface area contributed by atoms with Gasteiger partial charge >= 0.3 is 5.97 Å². The van der Waals surface area contributed by atoms with Crippen LogP contribution in [0, 0.1) is 0 Å². The van der Waals surface area contributed by atoms with Crippen molar-refractivity contribution in [2.24, 2.45) is 0 Å². The Morgan fingerprint density at radius 2 is 1.71 bits per heavy atom. The molecule has 2 N–H and O–H groups in total. The minimum absolute atomic E-state index is 0.371. The molecule has 0 spiro atoms. The minimum Gasteiger partial charge on any atom is -0.465 e. The number of anilines is 3. The molecular formula is C23H20N6O2. The van der Waals surface area contributed by atoms with Gasteiger partial charge in [-0.1, -0.05) is 12.1 Å². The lowest BCUT2D eigenvalue weighted by molar-refractivity contribution is 0.0600. The number of pyridine rings is 2. The first-order valence-corrected chi connectivity index (χ1v) is 9.53. The van der Waals surface area contributed by atoms with Gasteiger partial charge in [-0.2, -0.15) is 0 Å². The van der Waals surface area contributed by atoms with Crippen molar-refractivity contribution in [1.82, 2.24) is 19.9 Å². The van der Waals surface area contributed by atoms with Crippen LogP contribution in [0.4, 0.5) is 17.5 Å². The van der Waals surface area contributed by atoms with Gasteiger partial charge in [0.25, 0.3) is 0 Å². The number of nitrogens with two attached hydrogens (primary N) is 1. The number of hydrogen-bond donors (Lipinski definition) is 1. The zero-order valence-electron chi connectivity index (χ0n) is 16.8. The van der Waals surface area contributed by atoms with Gasteiger partial charge < -0.3 is 15.4 Å². The standard InChI is InChI=1S/C23H20N6O2/c1-31-23(30)17-4-2-16(3-5-17)15-29(22-14-25-10-11-27-22)21-12-18(8-9-26-21)19-6-7-20(24)28-13-19/h2-14H,15H2,1H3,(H2,24,28). The second-order valence-corrected chi connectivity index (χ2v) is 6.71. The average molecular weight is 412 g/mol. The van der Waals surface area contributed by atoms with Gasteiger partial charge in [-0.05, 0) is 47.5 Å². The van der Waals surface area contributed by atoms with E-state index in [-0.39, 0.29) is 5.97 Å². The van der Waals surface area contributed by atoms with Gasteiger partial charge in [-0.3, -0.25) is 4.98 Å². The number of methoxy groups -OCH3 is 1. The number of nitrogen functional groups attached to an aromatic ring is 1. The molecule has 0 bridgehead atoms. The predicted octanol–water partition coefficient (Wildman–Crippen LogP) is 3.64. The summed E-state index contributed by atoms with van der Waals surface area (Å²) in [6.45, 7) is 0.483. The Bertz CT molecular complexity index is 1160. The van der Waals surface area contributed by atoms with Crippen molar-refractivity contribution in [3.05, 3.63) is 90.6 Å². The molecule has 0 fully saturated rings. The normalized spacial score (nSPS) is 10.5. The summed E-state index contributed by atoms with van der Waals surface area (Å²) < 4.78 is 4.77. The van der Waals surface area contributed by atoms with Crippen LogP contribution in [0.25, 0.3) is 11.1 Å². The van der Waals surface area contributed by atoms with Crippen LogP contribution in [-0.2, 0) is 11.3 Å². The van der Waals surface area contributed by atoms with Crippen molar-refractivity contribution in [3.63, 3.8) is 0 Å². The molecule has 1 aromatic carbocycles. The van der Waals surface area contributed by atoms with Gasteiger partial charge in [0, 0.05) is 30.4 Å². The third-order valence-corrected chi connectivity index (χ3v) is 4.68. The second kappa shape index (κ2) is 9.00. The fourth-order valence-corrected chi connectivity index (χ4v) is 3.08. The zero-order chi connectivity index (χ0) is 21.6. The molecule has 0 atom stereocenters. The first-order valence-electron chi connectivity index (χ1n) is 9.53. The number of ether oxygens (including phenoxy) is 1. The van der Waals surface area contributed by atoms with E-state index in [9.17, 15) is 4.79 Å². The number of carbonyl (C=O) groups is 1. The van der Waals surface area contributed by atoms with Gasteiger partial charge in [0.05, 0.1) is 25.4 Å². The summed E-state index contributed by atoms with van der Waals surface area (Å²) in [6.07, 6.45) is 8.41. The quantitative estimate of drug-likeness (QED) is 0.478. The van der Waals surface area contributed by atoms with Gasteiger partial charge in [0.2, 0.25) is 0 Å². The van der Waals surface area contributed by atoms with Crippen molar-refractivity contribution >= 4 is 23.4 Å². The topological polar surface area (TPSA) is 107 Å². The third kappa shape index (κ3) is 4.64. The van der Waals surface area contributed by atoms with E-state index >= 15 is 0 Å². The molecule has 8 nitrogen and oxygen atoms in total. The molecule has 0 aliphatic carbocycles. The number of aromatic nitrogens is 4. The van der Waals surface area contributed by atoms with Crippen molar-refractivity contribution < 1.29 is 9.53 Å². The Balaban J connectivity index is 1.68. The van der Waals surface area contributed by atoms with Crippen LogP contribution in [0.3, 0.4) is 0 Å². The lowest BCUT2D eigenvalue weighted by Crippen LogP contribution is -2.19. The van der Waals surface area contributed by atoms with E-state index in [4.69, 9.17) is 10.5 Å². The maximum Gasteiger partial charge on any atom is 0.337 e. The molecule has 4 aromatic rings. The monoisotopic (exact) mass is 412 g/mol. The lowest BCUT2D eigenvalue weighted by atomic mass is 10.1. The number of carbonyl (C=O) groups excluding carboxylic acids is 1. The molecule has 8 heteroatoms. The molecule has 154 valence electrons. The largest absolute Gasteiger partial charge is 0.465 e. The molecule has 0 aliphatic rings. The molecule has 31 heavy (non-hydrogen) atoms. The zero-order valence-corrected chi connectivity index (χ0v) is 16.8. The molecule has 3 heterocycles. The Kier molecular flexibility index (Phi) is 5.79. The summed E-state index contributed by atoms with van der Waals surface area (Å²) in [6, 6.07) is 14.8. The van der Waals surface area contributed by atoms with Crippen molar-refractivity contribution in [3.8, 4) is 11.1 Å². The summed E-state index contributed by atoms with van der Waals surface area (Å²) in [5, 5.41) is 0. The number of benzene rings is 1. The number of esters is 1. The molecule has 0 radical (unpaired) electrons. The van der Waals surface area contributed by atoms with Crippen LogP contribution < -0.4 is 10.6 Å². The molecule has 0 saturated heterocycles. The SMILES string of the molecule is COC(=O)c1ccc(CN(c2cnccn2)c2cc(-c3ccc(N)nc3)ccn2)cc1. The molecule has 0 saturated carbocycles. The summed E-state index contributed by atoms with van der Waals surface area (Å²) in [5.74, 6) is 1.45. The van der Waals surface area contributed by atoms with Crippen molar-refractivity contribution in [2.75, 3.05) is 17.7 Å². The van der Waals surface area contributed by atoms with Gasteiger partial charge in [-0.15, -0.1) is 0 Å². The van der Waals surface area contributed by atoms with Crippen LogP contribution in [-0.4, -0.2) is 33.0 Å². The van der Waals surface area contributed by atoms with Crippen molar-refractivity contribution in [1.29, 1.82) is 0 Å². The van der Waals surface area contributed by atoms with E-state index in [1.165, 1.54) is 7.11 Å². The molecular weight excluding hydrogens is 392 g/mol. The highest BCUT2D eigenvalue weighted by Crippen LogP contribution is 2.28. The minimum atomic E-state index is -0.371. The van der Waals surface area contributed by atoms with Gasteiger partial charge in [0.15, 0.2) is 5.82 Å². The summed E-state index contributed by atoms with van der Waals surface area (Å²) in [5.41, 5.74) is 9.05. The number of hydrogen-bond acceptors (Lipinski definition) is 8. The van der Waals surface area contributed by atoms with Crippen LogP contribution in [0.1, 0.15) is 15.9 Å². The Morgan fingerprint density at radius 1 is 0.903 bits per heavy atom. The first kappa shape index (κ1) is 20.0. The fourth-order valence-electron chi connectivity index (χ4n) is 3.08. The van der Waals surface area contributed by atoms with Crippen LogP contribution in [0.15, 0.2) is 79.5 Å². The highest BCUT2D eigenvalue weighted by Gasteiger charge is 2.15. The Labute approximate surface area is 179 Å². The van der Waals surface area contributed by atoms with E-state index in [1.54, 1.807) is 49.2 Å². The smallest absolute Gasteiger partial charge is 0.337 e. The molecule has 0 amide bonds. The Morgan fingerprint density at radius 3 is 2.39 bits per heavy atom. The van der Waals surface area contributed by atoms with Crippen LogP contribution >= 0.6 is 0 Å². The molecule has 0 unspecified atom stereocenters. The third-order valence-electron chi connectivity index (χ3n) is 4.68. The maximum absolute atomic E-state index is 11.7. The van der Waals surface area contributed by atoms with Gasteiger partial charge in [0.1, 0.15) is 11.6 Å². The molecule has 0 aliphatic heterocycles. The highest BCUT2D eigenvalue weighted by atomic mass is 16.5. The summed E-state index contributed by atoms with van der Waals surface area (Å²) in [7, 11) is 1.36. The van der Waals surface area contributed by atoms with Crippen LogP contribution in [0.2, 0.25) is 0 Å². The van der Waals surface area contributed by atoms with E-state index in [0.29, 0.717) is 29.6 Å². The fraction of sp³-hybridized carbons (Fsp3) is 0.0870. The summed E-state index contributed by atoms with van der Waals surface area (Å²) >= 11 is 0. The van der Waals surface area contributed by atoms with E-state index < -0.39 is 0 Å².